The third-order valence-corrected chi connectivity index (χ3v) is 3.18. The van der Waals surface area contributed by atoms with E-state index in [1.165, 1.54) is 0 Å². The number of methoxy groups -OCH3 is 1. The molecule has 6 nitrogen and oxygen atoms in total. The first-order valence-electron chi connectivity index (χ1n) is 7.14. The van der Waals surface area contributed by atoms with Crippen molar-refractivity contribution >= 4 is 18.4 Å². The largest absolute Gasteiger partial charge is 0.406 e. The van der Waals surface area contributed by atoms with Gasteiger partial charge >= 0.3 is 6.01 Å². The fourth-order valence-corrected chi connectivity index (χ4v) is 2.06. The highest BCUT2D eigenvalue weighted by Gasteiger charge is 2.19. The van der Waals surface area contributed by atoms with Gasteiger partial charge in [0.25, 0.3) is 0 Å². The van der Waals surface area contributed by atoms with Gasteiger partial charge in [-0.05, 0) is 12.0 Å². The van der Waals surface area contributed by atoms with Gasteiger partial charge in [0.15, 0.2) is 0 Å². The molecular weight excluding hydrogens is 304 g/mol. The number of nitrogens with two attached hydrogens (primary N) is 1. The maximum absolute atomic E-state index is 6.16. The molecule has 0 spiro atoms. The van der Waals surface area contributed by atoms with Gasteiger partial charge in [-0.15, -0.1) is 17.5 Å². The van der Waals surface area contributed by atoms with Crippen molar-refractivity contribution in [1.82, 2.24) is 10.2 Å². The Hall–Kier alpha value is -1.63. The normalized spacial score (nSPS) is 11.8. The lowest BCUT2D eigenvalue weighted by atomic mass is 10.1. The Bertz CT molecular complexity index is 535. The van der Waals surface area contributed by atoms with Crippen molar-refractivity contribution in [3.05, 3.63) is 41.8 Å². The minimum atomic E-state index is -0.404. The van der Waals surface area contributed by atoms with E-state index in [1.807, 2.05) is 35.2 Å². The first-order chi connectivity index (χ1) is 10.3. The number of hydrogen-bond donors (Lipinski definition) is 1. The monoisotopic (exact) mass is 326 g/mol. The Labute approximate surface area is 137 Å². The van der Waals surface area contributed by atoms with E-state index in [-0.39, 0.29) is 12.4 Å². The van der Waals surface area contributed by atoms with Gasteiger partial charge in [-0.1, -0.05) is 42.4 Å². The fourth-order valence-electron chi connectivity index (χ4n) is 2.06. The van der Waals surface area contributed by atoms with E-state index in [1.54, 1.807) is 7.11 Å². The highest BCUT2D eigenvalue weighted by molar-refractivity contribution is 5.85. The maximum Gasteiger partial charge on any atom is 0.318 e. The summed E-state index contributed by atoms with van der Waals surface area (Å²) in [5.74, 6) is 0.426. The number of rotatable bonds is 8. The molecule has 1 aromatic heterocycles. The number of nitrogens with zero attached hydrogens (tertiary/aromatic N) is 3. The van der Waals surface area contributed by atoms with Crippen molar-refractivity contribution in [3.63, 3.8) is 0 Å². The smallest absolute Gasteiger partial charge is 0.318 e. The molecule has 2 aromatic rings. The SMILES string of the molecule is CCCN(CCOC)c1nnc([C@H](N)c2ccccc2)o1.Cl. The van der Waals surface area contributed by atoms with Crippen LogP contribution in [0.25, 0.3) is 0 Å². The van der Waals surface area contributed by atoms with Crippen LogP contribution in [0.1, 0.15) is 30.8 Å². The predicted octanol–water partition coefficient (Wildman–Crippen LogP) is 2.40. The summed E-state index contributed by atoms with van der Waals surface area (Å²) in [7, 11) is 1.68. The Morgan fingerprint density at radius 3 is 2.59 bits per heavy atom. The zero-order chi connectivity index (χ0) is 15.1. The Morgan fingerprint density at radius 1 is 1.23 bits per heavy atom. The average molecular weight is 327 g/mol. The molecule has 0 aliphatic carbocycles. The van der Waals surface area contributed by atoms with Crippen LogP contribution in [0.5, 0.6) is 0 Å². The van der Waals surface area contributed by atoms with Gasteiger partial charge < -0.3 is 19.8 Å². The van der Waals surface area contributed by atoms with Crippen LogP contribution in [0.3, 0.4) is 0 Å². The number of ether oxygens (including phenoxy) is 1. The van der Waals surface area contributed by atoms with Crippen molar-refractivity contribution in [2.75, 3.05) is 31.7 Å². The first kappa shape index (κ1) is 18.4. The molecule has 0 saturated carbocycles. The lowest BCUT2D eigenvalue weighted by Crippen LogP contribution is -2.28. The van der Waals surface area contributed by atoms with Crippen LogP contribution in [0, 0.1) is 0 Å². The molecule has 2 rings (SSSR count). The van der Waals surface area contributed by atoms with Gasteiger partial charge in [-0.2, -0.15) is 0 Å². The molecule has 2 N–H and O–H groups in total. The van der Waals surface area contributed by atoms with Crippen LogP contribution < -0.4 is 10.6 Å². The maximum atomic E-state index is 6.16. The van der Waals surface area contributed by atoms with Crippen LogP contribution in [0.15, 0.2) is 34.7 Å². The summed E-state index contributed by atoms with van der Waals surface area (Å²) in [5, 5.41) is 8.19. The molecule has 7 heteroatoms. The van der Waals surface area contributed by atoms with E-state index in [0.717, 1.165) is 18.5 Å². The summed E-state index contributed by atoms with van der Waals surface area (Å²) in [6, 6.07) is 9.81. The van der Waals surface area contributed by atoms with E-state index in [9.17, 15) is 0 Å². The summed E-state index contributed by atoms with van der Waals surface area (Å²) in [5.41, 5.74) is 7.11. The lowest BCUT2D eigenvalue weighted by Gasteiger charge is -2.18. The molecule has 1 atom stereocenters. The molecular formula is C15H23ClN4O2. The summed E-state index contributed by atoms with van der Waals surface area (Å²) in [6.45, 7) is 4.27. The van der Waals surface area contributed by atoms with Crippen LogP contribution >= 0.6 is 12.4 Å². The van der Waals surface area contributed by atoms with Gasteiger partial charge in [-0.3, -0.25) is 0 Å². The number of halogens is 1. The second-order valence-electron chi connectivity index (χ2n) is 4.79. The van der Waals surface area contributed by atoms with E-state index in [4.69, 9.17) is 14.9 Å². The van der Waals surface area contributed by atoms with Crippen molar-refractivity contribution in [1.29, 1.82) is 0 Å². The van der Waals surface area contributed by atoms with E-state index < -0.39 is 6.04 Å². The number of aromatic nitrogens is 2. The molecule has 0 radical (unpaired) electrons. The summed E-state index contributed by atoms with van der Waals surface area (Å²) < 4.78 is 10.8. The molecule has 0 fully saturated rings. The Morgan fingerprint density at radius 2 is 1.95 bits per heavy atom. The molecule has 1 aromatic carbocycles. The van der Waals surface area contributed by atoms with Crippen LogP contribution in [0.4, 0.5) is 6.01 Å². The van der Waals surface area contributed by atoms with Crippen LogP contribution in [-0.2, 0) is 4.74 Å². The van der Waals surface area contributed by atoms with Crippen LogP contribution in [-0.4, -0.2) is 37.0 Å². The summed E-state index contributed by atoms with van der Waals surface area (Å²) in [6.07, 6.45) is 0.992. The molecule has 0 saturated heterocycles. The second-order valence-corrected chi connectivity index (χ2v) is 4.79. The minimum Gasteiger partial charge on any atom is -0.406 e. The van der Waals surface area contributed by atoms with Crippen molar-refractivity contribution in [2.24, 2.45) is 5.73 Å². The molecule has 0 aliphatic rings. The third-order valence-electron chi connectivity index (χ3n) is 3.18. The van der Waals surface area contributed by atoms with E-state index in [0.29, 0.717) is 25.1 Å². The van der Waals surface area contributed by atoms with Gasteiger partial charge in [0.05, 0.1) is 6.61 Å². The minimum absolute atomic E-state index is 0. The van der Waals surface area contributed by atoms with Crippen molar-refractivity contribution < 1.29 is 9.15 Å². The summed E-state index contributed by atoms with van der Waals surface area (Å²) >= 11 is 0. The van der Waals surface area contributed by atoms with Gasteiger partial charge in [0, 0.05) is 20.2 Å². The van der Waals surface area contributed by atoms with Crippen LogP contribution in [0.2, 0.25) is 0 Å². The van der Waals surface area contributed by atoms with Gasteiger partial charge in [0.1, 0.15) is 6.04 Å². The van der Waals surface area contributed by atoms with E-state index >= 15 is 0 Å². The van der Waals surface area contributed by atoms with Gasteiger partial charge in [-0.25, -0.2) is 0 Å². The Balaban J connectivity index is 0.00000242. The standard InChI is InChI=1S/C15H22N4O2.ClH/c1-3-9-19(10-11-20-2)15-18-17-14(21-15)13(16)12-7-5-4-6-8-12;/h4-8,13H,3,9-11,16H2,1-2H3;1H/t13-;/m1./s1. The molecule has 1 heterocycles. The molecule has 22 heavy (non-hydrogen) atoms. The third kappa shape index (κ3) is 4.69. The summed E-state index contributed by atoms with van der Waals surface area (Å²) in [4.78, 5) is 2.01. The topological polar surface area (TPSA) is 77.4 Å². The van der Waals surface area contributed by atoms with Crippen molar-refractivity contribution in [2.45, 2.75) is 19.4 Å². The number of hydrogen-bond acceptors (Lipinski definition) is 6. The number of benzene rings is 1. The highest BCUT2D eigenvalue weighted by atomic mass is 35.5. The zero-order valence-corrected chi connectivity index (χ0v) is 13.8. The molecule has 0 unspecified atom stereocenters. The van der Waals surface area contributed by atoms with Crippen molar-refractivity contribution in [3.8, 4) is 0 Å². The quantitative estimate of drug-likeness (QED) is 0.802. The fraction of sp³-hybridized carbons (Fsp3) is 0.467. The number of anilines is 1. The molecule has 0 aliphatic heterocycles. The highest BCUT2D eigenvalue weighted by Crippen LogP contribution is 2.21. The first-order valence-corrected chi connectivity index (χ1v) is 7.14. The Kier molecular flexibility index (Phi) is 7.87. The zero-order valence-electron chi connectivity index (χ0n) is 12.9. The lowest BCUT2D eigenvalue weighted by molar-refractivity contribution is 0.203. The average Bonchev–Trinajstić information content (AvgIpc) is 3.01. The predicted molar refractivity (Wildman–Crippen MR) is 88.4 cm³/mol. The second kappa shape index (κ2) is 9.40. The molecule has 0 bridgehead atoms. The van der Waals surface area contributed by atoms with Gasteiger partial charge in [0.2, 0.25) is 5.89 Å². The molecule has 0 amide bonds. The van der Waals surface area contributed by atoms with E-state index in [2.05, 4.69) is 17.1 Å². The molecule has 122 valence electrons.